The highest BCUT2D eigenvalue weighted by molar-refractivity contribution is 5.94. The molecule has 0 saturated heterocycles. The highest BCUT2D eigenvalue weighted by Crippen LogP contribution is 2.30. The van der Waals surface area contributed by atoms with Crippen LogP contribution in [-0.2, 0) is 0 Å². The molecule has 1 heterocycles. The molecule has 0 aliphatic carbocycles. The zero-order valence-corrected chi connectivity index (χ0v) is 11.5. The van der Waals surface area contributed by atoms with Gasteiger partial charge in [0.2, 0.25) is 0 Å². The van der Waals surface area contributed by atoms with Crippen LogP contribution >= 0.6 is 0 Å². The van der Waals surface area contributed by atoms with Gasteiger partial charge in [0.25, 0.3) is 5.91 Å². The lowest BCUT2D eigenvalue weighted by Crippen LogP contribution is -2.40. The predicted octanol–water partition coefficient (Wildman–Crippen LogP) is 2.53. The summed E-state index contributed by atoms with van der Waals surface area (Å²) in [7, 11) is 0. The number of rotatable bonds is 3. The lowest BCUT2D eigenvalue weighted by atomic mass is 10.2. The Morgan fingerprint density at radius 1 is 1.14 bits per heavy atom. The van der Waals surface area contributed by atoms with Crippen molar-refractivity contribution in [1.82, 2.24) is 5.32 Å². The van der Waals surface area contributed by atoms with Gasteiger partial charge in [-0.3, -0.25) is 4.79 Å². The first-order valence-corrected chi connectivity index (χ1v) is 6.74. The Balaban J connectivity index is 1.60. The average Bonchev–Trinajstić information content (AvgIpc) is 2.51. The summed E-state index contributed by atoms with van der Waals surface area (Å²) in [5.41, 5.74) is -0.0744. The largest absolute Gasteiger partial charge is 0.486 e. The number of hydrogen-bond acceptors (Lipinski definition) is 3. The van der Waals surface area contributed by atoms with Gasteiger partial charge < -0.3 is 14.8 Å². The Morgan fingerprint density at radius 3 is 2.55 bits per heavy atom. The number of fused-ring (bicyclic) bond motifs is 1. The molecule has 3 rings (SSSR count). The topological polar surface area (TPSA) is 47.6 Å². The molecule has 1 N–H and O–H groups in total. The van der Waals surface area contributed by atoms with E-state index in [4.69, 9.17) is 9.47 Å². The van der Waals surface area contributed by atoms with Crippen molar-refractivity contribution in [2.45, 2.75) is 6.10 Å². The van der Waals surface area contributed by atoms with E-state index in [-0.39, 0.29) is 24.8 Å². The Bertz CT molecular complexity index is 685. The third-order valence-corrected chi connectivity index (χ3v) is 3.18. The van der Waals surface area contributed by atoms with Crippen LogP contribution in [-0.4, -0.2) is 25.2 Å². The molecule has 1 aliphatic rings. The van der Waals surface area contributed by atoms with Gasteiger partial charge in [-0.25, -0.2) is 8.78 Å². The molecule has 0 aromatic heterocycles. The number of amides is 1. The number of halogens is 2. The third-order valence-electron chi connectivity index (χ3n) is 3.18. The zero-order valence-electron chi connectivity index (χ0n) is 11.5. The monoisotopic (exact) mass is 305 g/mol. The highest BCUT2D eigenvalue weighted by atomic mass is 19.1. The van der Waals surface area contributed by atoms with Crippen LogP contribution in [0.5, 0.6) is 11.5 Å². The molecule has 6 heteroatoms. The van der Waals surface area contributed by atoms with Crippen molar-refractivity contribution in [2.75, 3.05) is 13.2 Å². The molecule has 0 saturated carbocycles. The van der Waals surface area contributed by atoms with Gasteiger partial charge in [-0.1, -0.05) is 12.1 Å². The normalized spacial score (nSPS) is 16.2. The summed E-state index contributed by atoms with van der Waals surface area (Å²) in [6, 6.07) is 9.88. The number of hydrogen-bond donors (Lipinski definition) is 1. The van der Waals surface area contributed by atoms with E-state index >= 15 is 0 Å². The van der Waals surface area contributed by atoms with Gasteiger partial charge in [0.05, 0.1) is 6.54 Å². The Labute approximate surface area is 125 Å². The van der Waals surface area contributed by atoms with Crippen LogP contribution < -0.4 is 14.8 Å². The summed E-state index contributed by atoms with van der Waals surface area (Å²) in [5.74, 6) is -0.907. The quantitative estimate of drug-likeness (QED) is 0.948. The first-order chi connectivity index (χ1) is 10.6. The van der Waals surface area contributed by atoms with E-state index in [0.29, 0.717) is 17.6 Å². The zero-order chi connectivity index (χ0) is 15.5. The van der Waals surface area contributed by atoms with Gasteiger partial charge in [-0.2, -0.15) is 0 Å². The second-order valence-electron chi connectivity index (χ2n) is 4.87. The number of nitrogens with one attached hydrogen (secondary N) is 1. The van der Waals surface area contributed by atoms with Crippen LogP contribution in [0.3, 0.4) is 0 Å². The Hall–Kier alpha value is -2.63. The standard InChI is InChI=1S/C16H13F2NO3/c17-11-5-10(6-12(18)7-11)16(20)19-8-13-9-21-14-3-1-2-4-15(14)22-13/h1-7,13H,8-9H2,(H,19,20)/t13-/m1/s1. The fourth-order valence-corrected chi connectivity index (χ4v) is 2.16. The molecule has 4 nitrogen and oxygen atoms in total. The molecular formula is C16H13F2NO3. The fourth-order valence-electron chi connectivity index (χ4n) is 2.16. The third kappa shape index (κ3) is 3.16. The van der Waals surface area contributed by atoms with Crippen molar-refractivity contribution in [2.24, 2.45) is 0 Å². The van der Waals surface area contributed by atoms with Crippen molar-refractivity contribution in [3.63, 3.8) is 0 Å². The van der Waals surface area contributed by atoms with Crippen LogP contribution in [0, 0.1) is 11.6 Å². The second kappa shape index (κ2) is 6.01. The molecule has 1 atom stereocenters. The van der Waals surface area contributed by atoms with Crippen LogP contribution in [0.25, 0.3) is 0 Å². The summed E-state index contributed by atoms with van der Waals surface area (Å²) in [5, 5.41) is 2.58. The maximum absolute atomic E-state index is 13.1. The summed E-state index contributed by atoms with van der Waals surface area (Å²) >= 11 is 0. The van der Waals surface area contributed by atoms with E-state index in [0.717, 1.165) is 12.1 Å². The maximum atomic E-state index is 13.1. The lowest BCUT2D eigenvalue weighted by Gasteiger charge is -2.26. The second-order valence-corrected chi connectivity index (χ2v) is 4.87. The van der Waals surface area contributed by atoms with Gasteiger partial charge in [0, 0.05) is 11.6 Å². The number of carbonyl (C=O) groups excluding carboxylic acids is 1. The molecule has 1 aliphatic heterocycles. The Morgan fingerprint density at radius 2 is 1.82 bits per heavy atom. The summed E-state index contributed by atoms with van der Waals surface area (Å²) < 4.78 is 37.4. The van der Waals surface area contributed by atoms with Crippen LogP contribution in [0.1, 0.15) is 10.4 Å². The fraction of sp³-hybridized carbons (Fsp3) is 0.188. The number of benzene rings is 2. The van der Waals surface area contributed by atoms with Crippen molar-refractivity contribution in [1.29, 1.82) is 0 Å². The van der Waals surface area contributed by atoms with Crippen LogP contribution in [0.4, 0.5) is 8.78 Å². The molecular weight excluding hydrogens is 292 g/mol. The van der Waals surface area contributed by atoms with Crippen LogP contribution in [0.2, 0.25) is 0 Å². The minimum absolute atomic E-state index is 0.0744. The van der Waals surface area contributed by atoms with E-state index in [1.807, 2.05) is 12.1 Å². The molecule has 0 spiro atoms. The summed E-state index contributed by atoms with van der Waals surface area (Å²) in [6.07, 6.45) is -0.364. The van der Waals surface area contributed by atoms with Gasteiger partial charge in [-0.15, -0.1) is 0 Å². The van der Waals surface area contributed by atoms with E-state index in [1.54, 1.807) is 12.1 Å². The SMILES string of the molecule is O=C(NC[C@@H]1COc2ccccc2O1)c1cc(F)cc(F)c1. The van der Waals surface area contributed by atoms with Crippen molar-refractivity contribution >= 4 is 5.91 Å². The summed E-state index contributed by atoms with van der Waals surface area (Å²) in [4.78, 5) is 11.9. The van der Waals surface area contributed by atoms with Crippen molar-refractivity contribution < 1.29 is 23.0 Å². The molecule has 2 aromatic rings. The van der Waals surface area contributed by atoms with Crippen LogP contribution in [0.15, 0.2) is 42.5 Å². The number of ether oxygens (including phenoxy) is 2. The molecule has 0 radical (unpaired) electrons. The van der Waals surface area contributed by atoms with Crippen molar-refractivity contribution in [3.05, 3.63) is 59.7 Å². The van der Waals surface area contributed by atoms with Gasteiger partial charge in [0.1, 0.15) is 24.3 Å². The molecule has 1 amide bonds. The molecule has 2 aromatic carbocycles. The van der Waals surface area contributed by atoms with E-state index in [2.05, 4.69) is 5.32 Å². The van der Waals surface area contributed by atoms with E-state index < -0.39 is 17.5 Å². The smallest absolute Gasteiger partial charge is 0.251 e. The van der Waals surface area contributed by atoms with Gasteiger partial charge in [-0.05, 0) is 24.3 Å². The molecule has 0 bridgehead atoms. The van der Waals surface area contributed by atoms with E-state index in [1.165, 1.54) is 0 Å². The molecule has 22 heavy (non-hydrogen) atoms. The average molecular weight is 305 g/mol. The maximum Gasteiger partial charge on any atom is 0.251 e. The first kappa shape index (κ1) is 14.3. The summed E-state index contributed by atoms with van der Waals surface area (Å²) in [6.45, 7) is 0.458. The first-order valence-electron chi connectivity index (χ1n) is 6.74. The number of carbonyl (C=O) groups is 1. The van der Waals surface area contributed by atoms with Crippen molar-refractivity contribution in [3.8, 4) is 11.5 Å². The molecule has 0 unspecified atom stereocenters. The Kier molecular flexibility index (Phi) is 3.91. The van der Waals surface area contributed by atoms with Gasteiger partial charge in [0.15, 0.2) is 11.5 Å². The molecule has 0 fully saturated rings. The minimum Gasteiger partial charge on any atom is -0.486 e. The van der Waals surface area contributed by atoms with E-state index in [9.17, 15) is 13.6 Å². The number of para-hydroxylation sites is 2. The predicted molar refractivity (Wildman–Crippen MR) is 75.0 cm³/mol. The molecule has 114 valence electrons. The van der Waals surface area contributed by atoms with Gasteiger partial charge >= 0.3 is 0 Å². The highest BCUT2D eigenvalue weighted by Gasteiger charge is 2.21. The minimum atomic E-state index is -0.795. The lowest BCUT2D eigenvalue weighted by molar-refractivity contribution is 0.0788.